The fraction of sp³-hybridized carbons (Fsp3) is 0.293. The molecule has 9 nitrogen and oxygen atoms in total. The van der Waals surface area contributed by atoms with Crippen LogP contribution in [-0.2, 0) is 25.7 Å². The number of aliphatic hydroxyl groups is 1. The van der Waals surface area contributed by atoms with E-state index < -0.39 is 6.29 Å². The minimum atomic E-state index is -0.679. The molecule has 1 aliphatic heterocycles. The van der Waals surface area contributed by atoms with Crippen LogP contribution in [0, 0.1) is 0 Å². The molecule has 51 heavy (non-hydrogen) atoms. The fourth-order valence-electron chi connectivity index (χ4n) is 5.96. The molecule has 264 valence electrons. The Hall–Kier alpha value is -4.74. The zero-order valence-electron chi connectivity index (χ0n) is 28.6. The van der Waals surface area contributed by atoms with Crippen LogP contribution in [-0.4, -0.2) is 40.3 Å². The van der Waals surface area contributed by atoms with Crippen molar-refractivity contribution < 1.29 is 28.6 Å². The van der Waals surface area contributed by atoms with E-state index in [1.807, 2.05) is 109 Å². The van der Waals surface area contributed by atoms with Crippen molar-refractivity contribution >= 4 is 29.3 Å². The maximum atomic E-state index is 12.7. The van der Waals surface area contributed by atoms with E-state index in [0.717, 1.165) is 58.5 Å². The zero-order chi connectivity index (χ0) is 35.4. The summed E-state index contributed by atoms with van der Waals surface area (Å²) in [4.78, 5) is 28.7. The highest BCUT2D eigenvalue weighted by Gasteiger charge is 2.33. The molecule has 6 rings (SSSR count). The van der Waals surface area contributed by atoms with E-state index in [0.29, 0.717) is 36.0 Å². The third-order valence-electron chi connectivity index (χ3n) is 8.60. The summed E-state index contributed by atoms with van der Waals surface area (Å²) in [7, 11) is 0. The Balaban J connectivity index is 1.16. The van der Waals surface area contributed by atoms with E-state index in [1.165, 1.54) is 18.7 Å². The summed E-state index contributed by atoms with van der Waals surface area (Å²) in [6.45, 7) is 2.09. The number of carbonyl (C=O) groups excluding carboxylic acids is 2. The van der Waals surface area contributed by atoms with Gasteiger partial charge in [-0.25, -0.2) is 4.98 Å². The standard InChI is InChI=1S/C41H43N3O6S/c1-28(46)42-23-10-4-9-18-37(47)43-34-17-11-16-33(24-34)40-48-35(25-36(49-40)30-21-19-29(26-45)20-22-30)27-51-41-44-38(31-12-5-2-6-13-31)39(50-41)32-14-7-3-8-15-32/h2-3,5-8,11-17,19-22,24,35-36,40,45H,4,9-10,18,23,25-27H2,1H3,(H,42,46)(H,43,47)/t35-,36+,40+/m1/s1. The molecule has 10 heteroatoms. The van der Waals surface area contributed by atoms with E-state index >= 15 is 0 Å². The molecule has 3 atom stereocenters. The third kappa shape index (κ3) is 10.2. The number of aliphatic hydroxyl groups excluding tert-OH is 1. The van der Waals surface area contributed by atoms with Crippen molar-refractivity contribution in [2.75, 3.05) is 17.6 Å². The molecule has 4 aromatic carbocycles. The quantitative estimate of drug-likeness (QED) is 0.0733. The lowest BCUT2D eigenvalue weighted by molar-refractivity contribution is -0.245. The maximum absolute atomic E-state index is 12.7. The second-order valence-electron chi connectivity index (χ2n) is 12.5. The summed E-state index contributed by atoms with van der Waals surface area (Å²) in [6.07, 6.45) is 2.28. The summed E-state index contributed by atoms with van der Waals surface area (Å²) in [5.41, 5.74) is 6.02. The second kappa shape index (κ2) is 18.0. The van der Waals surface area contributed by atoms with Gasteiger partial charge in [0.25, 0.3) is 5.22 Å². The van der Waals surface area contributed by atoms with Gasteiger partial charge in [-0.05, 0) is 36.1 Å². The number of hydrogen-bond donors (Lipinski definition) is 3. The largest absolute Gasteiger partial charge is 0.431 e. The fourth-order valence-corrected chi connectivity index (χ4v) is 6.81. The number of amides is 2. The van der Waals surface area contributed by atoms with E-state index in [-0.39, 0.29) is 30.6 Å². The molecular weight excluding hydrogens is 663 g/mol. The normalized spacial score (nSPS) is 17.2. The number of thioether (sulfide) groups is 1. The Kier molecular flexibility index (Phi) is 12.7. The molecule has 2 heterocycles. The molecule has 0 bridgehead atoms. The number of rotatable bonds is 15. The number of unbranched alkanes of at least 4 members (excludes halogenated alkanes) is 2. The van der Waals surface area contributed by atoms with Crippen molar-refractivity contribution in [3.63, 3.8) is 0 Å². The summed E-state index contributed by atoms with van der Waals surface area (Å²) in [5.74, 6) is 1.19. The average molecular weight is 706 g/mol. The SMILES string of the molecule is CC(=O)NCCCCCC(=O)Nc1cccc([C@H]2O[C@@H](CSc3nc(-c4ccccc4)c(-c4ccccc4)o3)C[C@@H](c3ccc(CO)cc3)O2)c1. The Labute approximate surface area is 302 Å². The van der Waals surface area contributed by atoms with Gasteiger partial charge in [0.1, 0.15) is 5.69 Å². The average Bonchev–Trinajstić information content (AvgIpc) is 3.60. The van der Waals surface area contributed by atoms with E-state index in [9.17, 15) is 14.7 Å². The van der Waals surface area contributed by atoms with Crippen LogP contribution in [0.1, 0.15) is 68.1 Å². The molecule has 0 saturated carbocycles. The molecule has 0 spiro atoms. The Morgan fingerprint density at radius 1 is 0.843 bits per heavy atom. The number of nitrogens with one attached hydrogen (secondary N) is 2. The maximum Gasteiger partial charge on any atom is 0.256 e. The summed E-state index contributed by atoms with van der Waals surface area (Å²) in [5, 5.41) is 15.9. The molecule has 0 aliphatic carbocycles. The third-order valence-corrected chi connectivity index (χ3v) is 9.56. The first kappa shape index (κ1) is 36.1. The van der Waals surface area contributed by atoms with E-state index in [1.54, 1.807) is 0 Å². The topological polar surface area (TPSA) is 123 Å². The van der Waals surface area contributed by atoms with E-state index in [4.69, 9.17) is 18.9 Å². The summed E-state index contributed by atoms with van der Waals surface area (Å²) >= 11 is 1.51. The van der Waals surface area contributed by atoms with Crippen molar-refractivity contribution in [2.45, 2.75) is 69.4 Å². The molecule has 0 radical (unpaired) electrons. The molecule has 0 unspecified atom stereocenters. The number of ether oxygens (including phenoxy) is 2. The molecule has 3 N–H and O–H groups in total. The van der Waals surface area contributed by atoms with Gasteiger partial charge in [-0.1, -0.05) is 115 Å². The Morgan fingerprint density at radius 3 is 2.31 bits per heavy atom. The minimum Gasteiger partial charge on any atom is -0.431 e. The first-order chi connectivity index (χ1) is 24.9. The molecular formula is C41H43N3O6S. The zero-order valence-corrected chi connectivity index (χ0v) is 29.4. The molecule has 1 aliphatic rings. The van der Waals surface area contributed by atoms with Crippen molar-refractivity contribution in [3.05, 3.63) is 126 Å². The van der Waals surface area contributed by atoms with Gasteiger partial charge in [-0.15, -0.1) is 0 Å². The van der Waals surface area contributed by atoms with Gasteiger partial charge in [-0.3, -0.25) is 9.59 Å². The second-order valence-corrected chi connectivity index (χ2v) is 13.5. The highest BCUT2D eigenvalue weighted by molar-refractivity contribution is 7.99. The van der Waals surface area contributed by atoms with Gasteiger partial charge in [0, 0.05) is 54.4 Å². The first-order valence-electron chi connectivity index (χ1n) is 17.3. The minimum absolute atomic E-state index is 0.0293. The number of benzene rings is 4. The van der Waals surface area contributed by atoms with Crippen molar-refractivity contribution in [3.8, 4) is 22.6 Å². The lowest BCUT2D eigenvalue weighted by Crippen LogP contribution is -2.31. The van der Waals surface area contributed by atoms with Gasteiger partial charge >= 0.3 is 0 Å². The van der Waals surface area contributed by atoms with Crippen LogP contribution < -0.4 is 10.6 Å². The van der Waals surface area contributed by atoms with Crippen molar-refractivity contribution in [1.29, 1.82) is 0 Å². The molecule has 1 aromatic heterocycles. The molecule has 2 amide bonds. The van der Waals surface area contributed by atoms with Crippen LogP contribution in [0.15, 0.2) is 119 Å². The smallest absolute Gasteiger partial charge is 0.256 e. The number of nitrogens with zero attached hydrogens (tertiary/aromatic N) is 1. The highest BCUT2D eigenvalue weighted by Crippen LogP contribution is 2.41. The van der Waals surface area contributed by atoms with Gasteiger partial charge in [0.05, 0.1) is 18.8 Å². The summed E-state index contributed by atoms with van der Waals surface area (Å²) < 4.78 is 19.5. The van der Waals surface area contributed by atoms with Crippen molar-refractivity contribution in [2.24, 2.45) is 0 Å². The predicted molar refractivity (Wildman–Crippen MR) is 199 cm³/mol. The van der Waals surface area contributed by atoms with Crippen molar-refractivity contribution in [1.82, 2.24) is 10.3 Å². The number of anilines is 1. The van der Waals surface area contributed by atoms with Gasteiger partial charge in [-0.2, -0.15) is 0 Å². The van der Waals surface area contributed by atoms with Crippen LogP contribution >= 0.6 is 11.8 Å². The van der Waals surface area contributed by atoms with Crippen LogP contribution in [0.25, 0.3) is 22.6 Å². The predicted octanol–water partition coefficient (Wildman–Crippen LogP) is 8.47. The molecule has 1 saturated heterocycles. The molecule has 5 aromatic rings. The van der Waals surface area contributed by atoms with Gasteiger partial charge in [0.15, 0.2) is 12.1 Å². The van der Waals surface area contributed by atoms with Crippen LogP contribution in [0.3, 0.4) is 0 Å². The van der Waals surface area contributed by atoms with Crippen LogP contribution in [0.4, 0.5) is 5.69 Å². The lowest BCUT2D eigenvalue weighted by Gasteiger charge is -2.36. The number of oxazole rings is 1. The lowest BCUT2D eigenvalue weighted by atomic mass is 10.0. The van der Waals surface area contributed by atoms with Gasteiger partial charge < -0.3 is 29.6 Å². The Bertz CT molecular complexity index is 1810. The molecule has 1 fully saturated rings. The Morgan fingerprint density at radius 2 is 1.59 bits per heavy atom. The van der Waals surface area contributed by atoms with Crippen LogP contribution in [0.5, 0.6) is 0 Å². The number of carbonyl (C=O) groups is 2. The first-order valence-corrected chi connectivity index (χ1v) is 18.3. The van der Waals surface area contributed by atoms with Gasteiger partial charge in [0.2, 0.25) is 11.8 Å². The summed E-state index contributed by atoms with van der Waals surface area (Å²) in [6, 6.07) is 35.4. The van der Waals surface area contributed by atoms with Crippen LogP contribution in [0.2, 0.25) is 0 Å². The number of hydrogen-bond acceptors (Lipinski definition) is 8. The highest BCUT2D eigenvalue weighted by atomic mass is 32.2. The monoisotopic (exact) mass is 705 g/mol. The number of aromatic nitrogens is 1. The van der Waals surface area contributed by atoms with E-state index in [2.05, 4.69) is 10.6 Å².